The van der Waals surface area contributed by atoms with E-state index in [-0.39, 0.29) is 5.91 Å². The summed E-state index contributed by atoms with van der Waals surface area (Å²) in [5, 5.41) is 4.58. The average molecular weight is 309 g/mol. The summed E-state index contributed by atoms with van der Waals surface area (Å²) in [7, 11) is 0. The molecule has 1 heterocycles. The van der Waals surface area contributed by atoms with Crippen LogP contribution in [0.2, 0.25) is 5.02 Å². The van der Waals surface area contributed by atoms with E-state index in [0.29, 0.717) is 11.4 Å². The molecule has 1 aromatic carbocycles. The molecule has 3 nitrogen and oxygen atoms in total. The second-order valence-corrected chi connectivity index (χ2v) is 6.45. The molecule has 0 fully saturated rings. The number of anilines is 1. The normalized spacial score (nSPS) is 10.6. The maximum atomic E-state index is 11.9. The third-order valence-electron chi connectivity index (χ3n) is 3.03. The van der Waals surface area contributed by atoms with Gasteiger partial charge in [-0.1, -0.05) is 17.7 Å². The third-order valence-corrected chi connectivity index (χ3v) is 4.57. The van der Waals surface area contributed by atoms with Crippen molar-refractivity contribution < 1.29 is 4.79 Å². The van der Waals surface area contributed by atoms with Crippen molar-refractivity contribution in [2.75, 3.05) is 5.32 Å². The summed E-state index contributed by atoms with van der Waals surface area (Å²) in [6.07, 6.45) is 1.18. The van der Waals surface area contributed by atoms with Crippen LogP contribution in [0, 0.1) is 20.8 Å². The highest BCUT2D eigenvalue weighted by Crippen LogP contribution is 2.21. The van der Waals surface area contributed by atoms with Crippen LogP contribution in [0.3, 0.4) is 0 Å². The number of rotatable bonds is 4. The van der Waals surface area contributed by atoms with Crippen LogP contribution in [0.25, 0.3) is 0 Å². The van der Waals surface area contributed by atoms with Gasteiger partial charge in [-0.2, -0.15) is 0 Å². The first kappa shape index (κ1) is 15.0. The molecule has 0 atom stereocenters. The zero-order valence-electron chi connectivity index (χ0n) is 11.8. The fourth-order valence-corrected chi connectivity index (χ4v) is 3.04. The van der Waals surface area contributed by atoms with Crippen molar-refractivity contribution in [1.29, 1.82) is 0 Å². The molecule has 2 rings (SSSR count). The fraction of sp³-hybridized carbons (Fsp3) is 0.333. The number of nitrogens with zero attached hydrogens (tertiary/aromatic N) is 1. The molecule has 0 unspecified atom stereocenters. The molecule has 0 aliphatic heterocycles. The number of halogens is 1. The minimum absolute atomic E-state index is 0.00428. The van der Waals surface area contributed by atoms with Crippen molar-refractivity contribution in [1.82, 2.24) is 4.98 Å². The maximum Gasteiger partial charge on any atom is 0.224 e. The van der Waals surface area contributed by atoms with Crippen LogP contribution in [-0.2, 0) is 11.2 Å². The van der Waals surface area contributed by atoms with E-state index >= 15 is 0 Å². The van der Waals surface area contributed by atoms with E-state index in [2.05, 4.69) is 10.3 Å². The van der Waals surface area contributed by atoms with Crippen molar-refractivity contribution in [3.8, 4) is 0 Å². The van der Waals surface area contributed by atoms with Gasteiger partial charge in [0.1, 0.15) is 0 Å². The lowest BCUT2D eigenvalue weighted by Gasteiger charge is -2.06. The largest absolute Gasteiger partial charge is 0.326 e. The van der Waals surface area contributed by atoms with E-state index in [4.69, 9.17) is 11.6 Å². The van der Waals surface area contributed by atoms with Gasteiger partial charge in [0.05, 0.1) is 10.7 Å². The Hall–Kier alpha value is -1.39. The zero-order chi connectivity index (χ0) is 14.7. The van der Waals surface area contributed by atoms with E-state index in [0.717, 1.165) is 28.4 Å². The predicted octanol–water partition coefficient (Wildman–Crippen LogP) is 4.29. The summed E-state index contributed by atoms with van der Waals surface area (Å²) in [5.74, 6) is -0.00428. The lowest BCUT2D eigenvalue weighted by Crippen LogP contribution is -2.12. The van der Waals surface area contributed by atoms with E-state index in [1.165, 1.54) is 4.88 Å². The zero-order valence-corrected chi connectivity index (χ0v) is 13.4. The highest BCUT2D eigenvalue weighted by atomic mass is 35.5. The number of hydrogen-bond donors (Lipinski definition) is 1. The van der Waals surface area contributed by atoms with E-state index in [1.807, 2.05) is 32.9 Å². The van der Waals surface area contributed by atoms with Gasteiger partial charge in [-0.15, -0.1) is 11.3 Å². The summed E-state index contributed by atoms with van der Waals surface area (Å²) in [6.45, 7) is 5.90. The molecule has 0 spiro atoms. The average Bonchev–Trinajstić information content (AvgIpc) is 2.70. The van der Waals surface area contributed by atoms with Gasteiger partial charge in [0, 0.05) is 22.0 Å². The van der Waals surface area contributed by atoms with Crippen LogP contribution < -0.4 is 5.32 Å². The third kappa shape index (κ3) is 3.81. The molecular formula is C15H17ClN2OS. The first-order chi connectivity index (χ1) is 9.45. The molecule has 0 bridgehead atoms. The first-order valence-electron chi connectivity index (χ1n) is 6.44. The molecule has 0 radical (unpaired) electrons. The number of carbonyl (C=O) groups is 1. The lowest BCUT2D eigenvalue weighted by atomic mass is 10.2. The topological polar surface area (TPSA) is 42.0 Å². The monoisotopic (exact) mass is 308 g/mol. The van der Waals surface area contributed by atoms with E-state index < -0.39 is 0 Å². The molecular weight excluding hydrogens is 292 g/mol. The Bertz CT molecular complexity index is 637. The van der Waals surface area contributed by atoms with Crippen molar-refractivity contribution in [3.63, 3.8) is 0 Å². The van der Waals surface area contributed by atoms with Crippen molar-refractivity contribution in [2.45, 2.75) is 33.6 Å². The number of nitrogens with one attached hydrogen (secondary N) is 1. The maximum absolute atomic E-state index is 11.9. The predicted molar refractivity (Wildman–Crippen MR) is 84.7 cm³/mol. The van der Waals surface area contributed by atoms with Gasteiger partial charge in [-0.3, -0.25) is 4.79 Å². The van der Waals surface area contributed by atoms with Crippen LogP contribution in [0.15, 0.2) is 18.2 Å². The van der Waals surface area contributed by atoms with Crippen LogP contribution in [0.1, 0.15) is 27.6 Å². The Kier molecular flexibility index (Phi) is 4.78. The van der Waals surface area contributed by atoms with Crippen LogP contribution in [-0.4, -0.2) is 10.9 Å². The van der Waals surface area contributed by atoms with Gasteiger partial charge in [0.25, 0.3) is 0 Å². The molecule has 1 N–H and O–H groups in total. The van der Waals surface area contributed by atoms with Gasteiger partial charge in [0.15, 0.2) is 0 Å². The van der Waals surface area contributed by atoms with Crippen molar-refractivity contribution >= 4 is 34.5 Å². The van der Waals surface area contributed by atoms with Gasteiger partial charge in [0.2, 0.25) is 5.91 Å². The second kappa shape index (κ2) is 6.37. The van der Waals surface area contributed by atoms with Crippen LogP contribution in [0.4, 0.5) is 5.69 Å². The molecule has 106 valence electrons. The summed E-state index contributed by atoms with van der Waals surface area (Å²) in [5.41, 5.74) is 2.77. The van der Waals surface area contributed by atoms with Gasteiger partial charge in [-0.05, 0) is 44.9 Å². The van der Waals surface area contributed by atoms with Gasteiger partial charge >= 0.3 is 0 Å². The van der Waals surface area contributed by atoms with Gasteiger partial charge in [-0.25, -0.2) is 4.98 Å². The number of thiazole rings is 1. The Morgan fingerprint density at radius 1 is 1.35 bits per heavy atom. The molecule has 0 aliphatic rings. The number of benzene rings is 1. The molecule has 1 amide bonds. The smallest absolute Gasteiger partial charge is 0.224 e. The SMILES string of the molecule is Cc1nc(C)c(CCC(=O)Nc2ccc(C)c(Cl)c2)s1. The molecule has 5 heteroatoms. The Morgan fingerprint density at radius 2 is 2.10 bits per heavy atom. The molecule has 0 saturated heterocycles. The number of carbonyl (C=O) groups excluding carboxylic acids is 1. The summed E-state index contributed by atoms with van der Waals surface area (Å²) in [6, 6.07) is 5.53. The van der Waals surface area contributed by atoms with Crippen LogP contribution >= 0.6 is 22.9 Å². The highest BCUT2D eigenvalue weighted by molar-refractivity contribution is 7.11. The fourth-order valence-electron chi connectivity index (χ4n) is 1.93. The summed E-state index contributed by atoms with van der Waals surface area (Å²) >= 11 is 7.69. The Labute approximate surface area is 128 Å². The number of amides is 1. The Morgan fingerprint density at radius 3 is 2.70 bits per heavy atom. The molecule has 0 aliphatic carbocycles. The van der Waals surface area contributed by atoms with Crippen LogP contribution in [0.5, 0.6) is 0 Å². The number of aryl methyl sites for hydroxylation is 4. The van der Waals surface area contributed by atoms with E-state index in [1.54, 1.807) is 17.4 Å². The van der Waals surface area contributed by atoms with E-state index in [9.17, 15) is 4.79 Å². The Balaban J connectivity index is 1.92. The quantitative estimate of drug-likeness (QED) is 0.915. The minimum atomic E-state index is -0.00428. The minimum Gasteiger partial charge on any atom is -0.326 e. The lowest BCUT2D eigenvalue weighted by molar-refractivity contribution is -0.116. The molecule has 20 heavy (non-hydrogen) atoms. The van der Waals surface area contributed by atoms with Crippen molar-refractivity contribution in [3.05, 3.63) is 44.4 Å². The number of aromatic nitrogens is 1. The summed E-state index contributed by atoms with van der Waals surface area (Å²) in [4.78, 5) is 17.5. The molecule has 2 aromatic rings. The second-order valence-electron chi connectivity index (χ2n) is 4.75. The molecule has 1 aromatic heterocycles. The number of hydrogen-bond acceptors (Lipinski definition) is 3. The highest BCUT2D eigenvalue weighted by Gasteiger charge is 2.09. The first-order valence-corrected chi connectivity index (χ1v) is 7.64. The standard InChI is InChI=1S/C15H17ClN2OS/c1-9-4-5-12(8-13(9)16)18-15(19)7-6-14-10(2)17-11(3)20-14/h4-5,8H,6-7H2,1-3H3,(H,18,19). The summed E-state index contributed by atoms with van der Waals surface area (Å²) < 4.78 is 0. The molecule has 0 saturated carbocycles. The van der Waals surface area contributed by atoms with Gasteiger partial charge < -0.3 is 5.32 Å². The van der Waals surface area contributed by atoms with Crippen molar-refractivity contribution in [2.24, 2.45) is 0 Å².